The molecule has 1 aromatic heterocycles. The second-order valence-corrected chi connectivity index (χ2v) is 8.36. The molecule has 1 atom stereocenters. The normalized spacial score (nSPS) is 14.0. The second kappa shape index (κ2) is 9.20. The van der Waals surface area contributed by atoms with E-state index in [1.165, 1.54) is 5.56 Å². The number of nitrogens with zero attached hydrogens (tertiary/aromatic N) is 3. The van der Waals surface area contributed by atoms with Gasteiger partial charge in [0.05, 0.1) is 11.0 Å². The van der Waals surface area contributed by atoms with Crippen molar-refractivity contribution in [3.63, 3.8) is 0 Å². The van der Waals surface area contributed by atoms with Crippen LogP contribution in [0.4, 0.5) is 10.7 Å². The Balaban J connectivity index is 1.41. The van der Waals surface area contributed by atoms with Crippen molar-refractivity contribution in [2.75, 3.05) is 18.0 Å². The number of anilines is 1. The van der Waals surface area contributed by atoms with Gasteiger partial charge in [0.15, 0.2) is 0 Å². The number of para-hydroxylation sites is 2. The Morgan fingerprint density at radius 1 is 1.03 bits per heavy atom. The van der Waals surface area contributed by atoms with Crippen LogP contribution in [0.5, 0.6) is 0 Å². The molecule has 0 saturated heterocycles. The van der Waals surface area contributed by atoms with Crippen LogP contribution in [0, 0.1) is 5.92 Å². The molecule has 0 unspecified atom stereocenters. The van der Waals surface area contributed by atoms with Gasteiger partial charge >= 0.3 is 6.03 Å². The average molecular weight is 420 g/mol. The van der Waals surface area contributed by atoms with E-state index >= 15 is 0 Å². The van der Waals surface area contributed by atoms with Crippen LogP contribution in [0.15, 0.2) is 54.6 Å². The van der Waals surface area contributed by atoms with Crippen LogP contribution in [-0.2, 0) is 17.8 Å². The van der Waals surface area contributed by atoms with E-state index in [0.717, 1.165) is 17.5 Å². The molecule has 2 heterocycles. The maximum Gasteiger partial charge on any atom is 0.324 e. The van der Waals surface area contributed by atoms with E-state index < -0.39 is 6.04 Å². The van der Waals surface area contributed by atoms with E-state index in [4.69, 9.17) is 0 Å². The van der Waals surface area contributed by atoms with Gasteiger partial charge in [-0.2, -0.15) is 0 Å². The van der Waals surface area contributed by atoms with Crippen molar-refractivity contribution >= 4 is 28.9 Å². The molecular weight excluding hydrogens is 390 g/mol. The largest absolute Gasteiger partial charge is 0.354 e. The van der Waals surface area contributed by atoms with Crippen LogP contribution >= 0.6 is 0 Å². The lowest BCUT2D eigenvalue weighted by molar-refractivity contribution is -0.123. The Kier molecular flexibility index (Phi) is 6.21. The van der Waals surface area contributed by atoms with Gasteiger partial charge in [-0.1, -0.05) is 56.3 Å². The van der Waals surface area contributed by atoms with E-state index in [1.54, 1.807) is 4.90 Å². The van der Waals surface area contributed by atoms with Gasteiger partial charge in [-0.25, -0.2) is 9.78 Å². The lowest BCUT2D eigenvalue weighted by Crippen LogP contribution is -2.52. The van der Waals surface area contributed by atoms with Crippen molar-refractivity contribution in [2.45, 2.75) is 39.3 Å². The zero-order valence-electron chi connectivity index (χ0n) is 18.0. The summed E-state index contributed by atoms with van der Waals surface area (Å²) in [4.78, 5) is 32.1. The van der Waals surface area contributed by atoms with E-state index in [1.807, 2.05) is 73.0 Å². The number of fused-ring (bicyclic) bond motifs is 3. The number of nitrogens with one attached hydrogen (secondary N) is 2. The minimum Gasteiger partial charge on any atom is -0.354 e. The first-order valence-corrected chi connectivity index (χ1v) is 10.9. The first kappa shape index (κ1) is 20.9. The number of aromatic nitrogens is 2. The van der Waals surface area contributed by atoms with Crippen LogP contribution in [0.1, 0.15) is 25.8 Å². The fourth-order valence-electron chi connectivity index (χ4n) is 4.01. The van der Waals surface area contributed by atoms with Crippen molar-refractivity contribution in [2.24, 2.45) is 5.92 Å². The molecule has 0 aliphatic carbocycles. The Morgan fingerprint density at radius 3 is 2.55 bits per heavy atom. The highest BCUT2D eigenvalue weighted by molar-refractivity contribution is 5.96. The maximum atomic E-state index is 13.1. The van der Waals surface area contributed by atoms with Crippen LogP contribution in [-0.4, -0.2) is 40.6 Å². The van der Waals surface area contributed by atoms with Crippen molar-refractivity contribution in [1.82, 2.24) is 20.2 Å². The fourth-order valence-corrected chi connectivity index (χ4v) is 4.01. The summed E-state index contributed by atoms with van der Waals surface area (Å²) in [5, 5.41) is 5.93. The Hall–Kier alpha value is -3.35. The SMILES string of the molecule is CC(C)C[C@H](NC(=O)N1CCn2c1nc1ccccc12)C(=O)NCCc1ccccc1. The van der Waals surface area contributed by atoms with Crippen LogP contribution < -0.4 is 15.5 Å². The smallest absolute Gasteiger partial charge is 0.324 e. The molecule has 3 amide bonds. The van der Waals surface area contributed by atoms with Crippen LogP contribution in [0.3, 0.4) is 0 Å². The third kappa shape index (κ3) is 4.71. The van der Waals surface area contributed by atoms with Crippen molar-refractivity contribution < 1.29 is 9.59 Å². The molecule has 7 heteroatoms. The molecule has 0 fully saturated rings. The van der Waals surface area contributed by atoms with E-state index in [9.17, 15) is 9.59 Å². The molecule has 3 aromatic rings. The summed E-state index contributed by atoms with van der Waals surface area (Å²) >= 11 is 0. The van der Waals surface area contributed by atoms with Gasteiger partial charge in [0, 0.05) is 19.6 Å². The summed E-state index contributed by atoms with van der Waals surface area (Å²) in [7, 11) is 0. The van der Waals surface area contributed by atoms with E-state index in [0.29, 0.717) is 32.0 Å². The third-order valence-corrected chi connectivity index (χ3v) is 5.55. The average Bonchev–Trinajstić information content (AvgIpc) is 3.33. The van der Waals surface area contributed by atoms with E-state index in [-0.39, 0.29) is 17.9 Å². The summed E-state index contributed by atoms with van der Waals surface area (Å²) in [6, 6.07) is 17.0. The lowest BCUT2D eigenvalue weighted by atomic mass is 10.0. The number of benzene rings is 2. The number of hydrogen-bond acceptors (Lipinski definition) is 3. The van der Waals surface area contributed by atoms with Crippen LogP contribution in [0.25, 0.3) is 11.0 Å². The number of imidazole rings is 1. The predicted octanol–water partition coefficient (Wildman–Crippen LogP) is 3.34. The number of hydrogen-bond donors (Lipinski definition) is 2. The fraction of sp³-hybridized carbons (Fsp3) is 0.375. The molecule has 162 valence electrons. The predicted molar refractivity (Wildman–Crippen MR) is 122 cm³/mol. The quantitative estimate of drug-likeness (QED) is 0.616. The molecule has 2 aromatic carbocycles. The molecule has 2 N–H and O–H groups in total. The number of carbonyl (C=O) groups is 2. The minimum atomic E-state index is -0.582. The monoisotopic (exact) mass is 419 g/mol. The summed E-state index contributed by atoms with van der Waals surface area (Å²) < 4.78 is 2.05. The molecule has 0 radical (unpaired) electrons. The third-order valence-electron chi connectivity index (χ3n) is 5.55. The van der Waals surface area contributed by atoms with Gasteiger partial charge in [-0.15, -0.1) is 0 Å². The summed E-state index contributed by atoms with van der Waals surface area (Å²) in [6.45, 7) is 5.87. The highest BCUT2D eigenvalue weighted by Crippen LogP contribution is 2.27. The van der Waals surface area contributed by atoms with Gasteiger partial charge in [-0.3, -0.25) is 9.69 Å². The topological polar surface area (TPSA) is 79.3 Å². The van der Waals surface area contributed by atoms with Crippen molar-refractivity contribution in [1.29, 1.82) is 0 Å². The first-order valence-electron chi connectivity index (χ1n) is 10.9. The molecule has 7 nitrogen and oxygen atoms in total. The van der Waals surface area contributed by atoms with Crippen molar-refractivity contribution in [3.05, 3.63) is 60.2 Å². The molecule has 0 bridgehead atoms. The molecule has 31 heavy (non-hydrogen) atoms. The molecule has 0 saturated carbocycles. The van der Waals surface area contributed by atoms with E-state index in [2.05, 4.69) is 15.6 Å². The van der Waals surface area contributed by atoms with Gasteiger partial charge < -0.3 is 15.2 Å². The molecular formula is C24H29N5O2. The van der Waals surface area contributed by atoms with Gasteiger partial charge in [0.2, 0.25) is 11.9 Å². The highest BCUT2D eigenvalue weighted by atomic mass is 16.2. The molecule has 1 aliphatic heterocycles. The molecule has 0 spiro atoms. The number of urea groups is 1. The Bertz CT molecular complexity index is 1060. The molecule has 1 aliphatic rings. The van der Waals surface area contributed by atoms with Crippen molar-refractivity contribution in [3.8, 4) is 0 Å². The Morgan fingerprint density at radius 2 is 1.77 bits per heavy atom. The maximum absolute atomic E-state index is 13.1. The highest BCUT2D eigenvalue weighted by Gasteiger charge is 2.31. The molecule has 4 rings (SSSR count). The second-order valence-electron chi connectivity index (χ2n) is 8.36. The minimum absolute atomic E-state index is 0.148. The van der Waals surface area contributed by atoms with Crippen LogP contribution in [0.2, 0.25) is 0 Å². The number of amides is 3. The number of carbonyl (C=O) groups excluding carboxylic acids is 2. The van der Waals surface area contributed by atoms with Gasteiger partial charge in [0.1, 0.15) is 6.04 Å². The first-order chi connectivity index (χ1) is 15.0. The lowest BCUT2D eigenvalue weighted by Gasteiger charge is -2.23. The zero-order chi connectivity index (χ0) is 21.8. The standard InChI is InChI=1S/C24H29N5O2/c1-17(2)16-20(22(30)25-13-12-18-8-4-3-5-9-18)27-24(31)29-15-14-28-21-11-7-6-10-19(21)26-23(28)29/h3-11,17,20H,12-16H2,1-2H3,(H,25,30)(H,27,31)/t20-/m0/s1. The van der Waals surface area contributed by atoms with Gasteiger partial charge in [-0.05, 0) is 36.5 Å². The summed E-state index contributed by atoms with van der Waals surface area (Å²) in [5.74, 6) is 0.755. The van der Waals surface area contributed by atoms with Gasteiger partial charge in [0.25, 0.3) is 0 Å². The summed E-state index contributed by atoms with van der Waals surface area (Å²) in [5.41, 5.74) is 3.06. The summed E-state index contributed by atoms with van der Waals surface area (Å²) in [6.07, 6.45) is 1.33. The number of rotatable bonds is 7. The Labute approximate surface area is 182 Å². The zero-order valence-corrected chi connectivity index (χ0v) is 18.0.